The van der Waals surface area contributed by atoms with Gasteiger partial charge in [-0.3, -0.25) is 9.69 Å². The molecule has 1 amide bonds. The maximum Gasteiger partial charge on any atom is 0.237 e. The van der Waals surface area contributed by atoms with E-state index in [1.54, 1.807) is 0 Å². The lowest BCUT2D eigenvalue weighted by molar-refractivity contribution is -0.135. The summed E-state index contributed by atoms with van der Waals surface area (Å²) in [6.45, 7) is 4.90. The summed E-state index contributed by atoms with van der Waals surface area (Å²) in [5, 5.41) is 0.751. The molecule has 2 aromatic rings. The molecule has 0 bridgehead atoms. The first-order valence-corrected chi connectivity index (χ1v) is 8.86. The van der Waals surface area contributed by atoms with Crippen molar-refractivity contribution in [2.75, 3.05) is 19.6 Å². The number of likely N-dealkylation sites (tertiary alicyclic amines) is 1. The molecular formula is C20H23ClN2O. The Bertz CT molecular complexity index is 672. The van der Waals surface area contributed by atoms with Crippen molar-refractivity contribution in [3.63, 3.8) is 0 Å². The van der Waals surface area contributed by atoms with Gasteiger partial charge in [0.1, 0.15) is 0 Å². The van der Waals surface area contributed by atoms with Crippen LogP contribution in [0.25, 0.3) is 0 Å². The molecule has 4 heteroatoms. The third-order valence-electron chi connectivity index (χ3n) is 4.67. The van der Waals surface area contributed by atoms with Gasteiger partial charge >= 0.3 is 0 Å². The largest absolute Gasteiger partial charge is 0.338 e. The van der Waals surface area contributed by atoms with Gasteiger partial charge in [-0.2, -0.15) is 0 Å². The van der Waals surface area contributed by atoms with Crippen molar-refractivity contribution < 1.29 is 4.79 Å². The molecule has 1 fully saturated rings. The van der Waals surface area contributed by atoms with Crippen molar-refractivity contribution in [1.82, 2.24) is 9.80 Å². The van der Waals surface area contributed by atoms with Gasteiger partial charge in [0.25, 0.3) is 0 Å². The number of halogens is 1. The lowest BCUT2D eigenvalue weighted by Crippen LogP contribution is -2.47. The summed E-state index contributed by atoms with van der Waals surface area (Å²) in [6, 6.07) is 18.5. The van der Waals surface area contributed by atoms with Crippen LogP contribution in [-0.4, -0.2) is 35.3 Å². The van der Waals surface area contributed by atoms with Crippen LogP contribution in [0, 0.1) is 0 Å². The fraction of sp³-hybridized carbons (Fsp3) is 0.350. The predicted octanol–water partition coefficient (Wildman–Crippen LogP) is 4.14. The molecule has 0 radical (unpaired) electrons. The predicted molar refractivity (Wildman–Crippen MR) is 97.9 cm³/mol. The average molecular weight is 343 g/mol. The Morgan fingerprint density at radius 1 is 1.17 bits per heavy atom. The summed E-state index contributed by atoms with van der Waals surface area (Å²) in [5.74, 6) is 0.194. The maximum absolute atomic E-state index is 12.7. The molecule has 0 spiro atoms. The Hall–Kier alpha value is -1.84. The number of carbonyl (C=O) groups excluding carboxylic acids is 1. The minimum atomic E-state index is 0.194. The van der Waals surface area contributed by atoms with Gasteiger partial charge in [-0.1, -0.05) is 54.1 Å². The number of carbonyl (C=O) groups is 1. The summed E-state index contributed by atoms with van der Waals surface area (Å²) < 4.78 is 0. The molecule has 3 rings (SSSR count). The van der Waals surface area contributed by atoms with Crippen molar-refractivity contribution in [3.8, 4) is 0 Å². The molecule has 24 heavy (non-hydrogen) atoms. The Kier molecular flexibility index (Phi) is 5.54. The number of likely N-dealkylation sites (N-methyl/N-ethyl adjacent to an activating group) is 1. The topological polar surface area (TPSA) is 23.6 Å². The van der Waals surface area contributed by atoms with Crippen LogP contribution < -0.4 is 0 Å². The van der Waals surface area contributed by atoms with Crippen LogP contribution in [0.2, 0.25) is 5.02 Å². The molecule has 0 saturated carbocycles. The second-order valence-electron chi connectivity index (χ2n) is 6.22. The normalized spacial score (nSPS) is 17.3. The molecule has 3 nitrogen and oxygen atoms in total. The molecule has 0 aliphatic carbocycles. The van der Waals surface area contributed by atoms with Crippen LogP contribution >= 0.6 is 11.6 Å². The van der Waals surface area contributed by atoms with Gasteiger partial charge < -0.3 is 4.90 Å². The van der Waals surface area contributed by atoms with E-state index in [-0.39, 0.29) is 5.91 Å². The molecule has 0 N–H and O–H groups in total. The lowest BCUT2D eigenvalue weighted by atomic mass is 9.95. The quantitative estimate of drug-likeness (QED) is 0.787. The van der Waals surface area contributed by atoms with E-state index in [0.29, 0.717) is 19.1 Å². The van der Waals surface area contributed by atoms with E-state index in [9.17, 15) is 4.79 Å². The first-order chi connectivity index (χ1) is 11.7. The van der Waals surface area contributed by atoms with Gasteiger partial charge in [-0.15, -0.1) is 0 Å². The Balaban J connectivity index is 1.60. The molecule has 1 aliphatic heterocycles. The van der Waals surface area contributed by atoms with E-state index in [1.165, 1.54) is 11.1 Å². The highest BCUT2D eigenvalue weighted by Crippen LogP contribution is 2.33. The number of nitrogens with zero attached hydrogens (tertiary/aromatic N) is 2. The highest BCUT2D eigenvalue weighted by molar-refractivity contribution is 6.30. The molecular weight excluding hydrogens is 320 g/mol. The molecule has 1 heterocycles. The first-order valence-electron chi connectivity index (χ1n) is 8.48. The monoisotopic (exact) mass is 342 g/mol. The SMILES string of the molecule is CCN(Cc1ccccc1)C(=O)CN1CC[C@@H]1c1ccc(Cl)cc1. The first kappa shape index (κ1) is 17.0. The van der Waals surface area contributed by atoms with Gasteiger partial charge in [-0.05, 0) is 36.6 Å². The fourth-order valence-electron chi connectivity index (χ4n) is 3.15. The van der Waals surface area contributed by atoms with Gasteiger partial charge in [0.05, 0.1) is 6.54 Å². The van der Waals surface area contributed by atoms with Gasteiger partial charge in [0, 0.05) is 30.7 Å². The zero-order valence-electron chi connectivity index (χ0n) is 14.0. The summed E-state index contributed by atoms with van der Waals surface area (Å²) in [4.78, 5) is 16.8. The minimum Gasteiger partial charge on any atom is -0.338 e. The van der Waals surface area contributed by atoms with Crippen LogP contribution in [0.1, 0.15) is 30.5 Å². The van der Waals surface area contributed by atoms with Gasteiger partial charge in [-0.25, -0.2) is 0 Å². The lowest BCUT2D eigenvalue weighted by Gasteiger charge is -2.41. The van der Waals surface area contributed by atoms with E-state index >= 15 is 0 Å². The molecule has 0 aromatic heterocycles. The molecule has 1 aliphatic rings. The second-order valence-corrected chi connectivity index (χ2v) is 6.66. The highest BCUT2D eigenvalue weighted by atomic mass is 35.5. The Labute approximate surface area is 148 Å². The minimum absolute atomic E-state index is 0.194. The summed E-state index contributed by atoms with van der Waals surface area (Å²) in [6.07, 6.45) is 1.10. The van der Waals surface area contributed by atoms with E-state index in [0.717, 1.165) is 24.5 Å². The molecule has 126 valence electrons. The highest BCUT2D eigenvalue weighted by Gasteiger charge is 2.31. The van der Waals surface area contributed by atoms with Crippen molar-refractivity contribution >= 4 is 17.5 Å². The summed E-state index contributed by atoms with van der Waals surface area (Å²) in [7, 11) is 0. The zero-order valence-corrected chi connectivity index (χ0v) is 14.7. The fourth-order valence-corrected chi connectivity index (χ4v) is 3.27. The van der Waals surface area contributed by atoms with Crippen molar-refractivity contribution in [2.45, 2.75) is 25.9 Å². The standard InChI is InChI=1S/C20H23ClN2O/c1-2-22(14-16-6-4-3-5-7-16)20(24)15-23-13-12-19(23)17-8-10-18(21)11-9-17/h3-11,19H,2,12-15H2,1H3/t19-/m1/s1. The number of benzene rings is 2. The van der Waals surface area contributed by atoms with E-state index in [2.05, 4.69) is 29.2 Å². The third-order valence-corrected chi connectivity index (χ3v) is 4.93. The van der Waals surface area contributed by atoms with Crippen molar-refractivity contribution in [3.05, 3.63) is 70.7 Å². The number of hydrogen-bond acceptors (Lipinski definition) is 2. The summed E-state index contributed by atoms with van der Waals surface area (Å²) in [5.41, 5.74) is 2.41. The van der Waals surface area contributed by atoms with Crippen LogP contribution in [-0.2, 0) is 11.3 Å². The molecule has 0 unspecified atom stereocenters. The zero-order chi connectivity index (χ0) is 16.9. The molecule has 1 atom stereocenters. The Morgan fingerprint density at radius 2 is 1.88 bits per heavy atom. The number of amides is 1. The Morgan fingerprint density at radius 3 is 2.46 bits per heavy atom. The van der Waals surface area contributed by atoms with Crippen molar-refractivity contribution in [2.24, 2.45) is 0 Å². The van der Waals surface area contributed by atoms with E-state index in [1.807, 2.05) is 42.2 Å². The number of hydrogen-bond donors (Lipinski definition) is 0. The van der Waals surface area contributed by atoms with Crippen LogP contribution in [0.3, 0.4) is 0 Å². The van der Waals surface area contributed by atoms with Crippen LogP contribution in [0.4, 0.5) is 0 Å². The summed E-state index contributed by atoms with van der Waals surface area (Å²) >= 11 is 5.96. The van der Waals surface area contributed by atoms with E-state index in [4.69, 9.17) is 11.6 Å². The van der Waals surface area contributed by atoms with Gasteiger partial charge in [0.15, 0.2) is 0 Å². The van der Waals surface area contributed by atoms with E-state index < -0.39 is 0 Å². The maximum atomic E-state index is 12.7. The molecule has 2 aromatic carbocycles. The second kappa shape index (κ2) is 7.82. The third kappa shape index (κ3) is 3.97. The van der Waals surface area contributed by atoms with Crippen LogP contribution in [0.15, 0.2) is 54.6 Å². The average Bonchev–Trinajstić information content (AvgIpc) is 2.59. The smallest absolute Gasteiger partial charge is 0.237 e. The molecule has 1 saturated heterocycles. The van der Waals surface area contributed by atoms with Crippen molar-refractivity contribution in [1.29, 1.82) is 0 Å². The van der Waals surface area contributed by atoms with Crippen LogP contribution in [0.5, 0.6) is 0 Å². The van der Waals surface area contributed by atoms with Gasteiger partial charge in [0.2, 0.25) is 5.91 Å². The number of rotatable bonds is 6.